The summed E-state index contributed by atoms with van der Waals surface area (Å²) in [6.45, 7) is 7.59. The van der Waals surface area contributed by atoms with Gasteiger partial charge < -0.3 is 29.0 Å². The van der Waals surface area contributed by atoms with Gasteiger partial charge in [-0.3, -0.25) is 14.6 Å². The van der Waals surface area contributed by atoms with Crippen LogP contribution in [0.3, 0.4) is 0 Å². The van der Waals surface area contributed by atoms with E-state index in [4.69, 9.17) is 23.7 Å². The number of carbonyl (C=O) groups is 1. The van der Waals surface area contributed by atoms with Crippen LogP contribution < -0.4 is 24.3 Å². The molecule has 0 aliphatic carbocycles. The molecule has 2 aromatic carbocycles. The summed E-state index contributed by atoms with van der Waals surface area (Å²) in [5.74, 6) is 3.36. The van der Waals surface area contributed by atoms with E-state index >= 15 is 0 Å². The molecule has 9 nitrogen and oxygen atoms in total. The molecule has 0 saturated carbocycles. The molecule has 2 aromatic rings. The number of carbonyl (C=O) groups excluding carboxylic acids is 1. The number of nitrogens with one attached hydrogen (secondary N) is 1. The van der Waals surface area contributed by atoms with Crippen molar-refractivity contribution in [2.45, 2.75) is 19.5 Å². The summed E-state index contributed by atoms with van der Waals surface area (Å²) in [6, 6.07) is 11.8. The van der Waals surface area contributed by atoms with Crippen LogP contribution in [0.5, 0.6) is 23.0 Å². The molecule has 5 rings (SSSR count). The van der Waals surface area contributed by atoms with E-state index in [-0.39, 0.29) is 18.6 Å². The molecule has 0 bridgehead atoms. The lowest BCUT2D eigenvalue weighted by Gasteiger charge is -2.40. The molecule has 3 heterocycles. The maximum atomic E-state index is 13.4. The van der Waals surface area contributed by atoms with Crippen molar-refractivity contribution < 1.29 is 28.5 Å². The first kappa shape index (κ1) is 25.6. The molecule has 2 atom stereocenters. The molecule has 0 radical (unpaired) electrons. The molecular formula is C28H37N3O6. The molecule has 1 amide bonds. The maximum absolute atomic E-state index is 13.4. The monoisotopic (exact) mass is 511 g/mol. The van der Waals surface area contributed by atoms with Gasteiger partial charge in [0.15, 0.2) is 23.0 Å². The molecule has 2 saturated heterocycles. The molecule has 3 aliphatic heterocycles. The Hall–Kier alpha value is -3.01. The maximum Gasteiger partial charge on any atom is 0.231 e. The normalized spacial score (nSPS) is 22.0. The number of hydrogen-bond donors (Lipinski definition) is 1. The van der Waals surface area contributed by atoms with Gasteiger partial charge in [0.1, 0.15) is 0 Å². The Labute approximate surface area is 218 Å². The van der Waals surface area contributed by atoms with E-state index in [1.165, 1.54) is 0 Å². The second-order valence-corrected chi connectivity index (χ2v) is 10.0. The van der Waals surface area contributed by atoms with Gasteiger partial charge in [-0.25, -0.2) is 0 Å². The van der Waals surface area contributed by atoms with Crippen LogP contribution in [0.1, 0.15) is 17.5 Å². The average molecular weight is 512 g/mol. The largest absolute Gasteiger partial charge is 0.493 e. The summed E-state index contributed by atoms with van der Waals surface area (Å²) < 4.78 is 27.3. The number of nitrogens with zero attached hydrogens (tertiary/aromatic N) is 2. The van der Waals surface area contributed by atoms with Gasteiger partial charge in [-0.15, -0.1) is 0 Å². The first-order valence-electron chi connectivity index (χ1n) is 13.0. The van der Waals surface area contributed by atoms with Crippen LogP contribution in [0, 0.1) is 11.8 Å². The number of methoxy groups -OCH3 is 2. The average Bonchev–Trinajstić information content (AvgIpc) is 3.40. The van der Waals surface area contributed by atoms with Crippen LogP contribution in [-0.2, 0) is 22.6 Å². The molecule has 1 N–H and O–H groups in total. The summed E-state index contributed by atoms with van der Waals surface area (Å²) in [5, 5.41) is 3.17. The highest BCUT2D eigenvalue weighted by atomic mass is 16.7. The lowest BCUT2D eigenvalue weighted by atomic mass is 9.87. The Balaban J connectivity index is 1.25. The molecule has 0 spiro atoms. The van der Waals surface area contributed by atoms with Crippen molar-refractivity contribution in [1.29, 1.82) is 0 Å². The van der Waals surface area contributed by atoms with E-state index < -0.39 is 0 Å². The van der Waals surface area contributed by atoms with Crippen LogP contribution >= 0.6 is 0 Å². The minimum atomic E-state index is -0.0751. The van der Waals surface area contributed by atoms with Crippen LogP contribution in [-0.4, -0.2) is 82.7 Å². The quantitative estimate of drug-likeness (QED) is 0.550. The highest BCUT2D eigenvalue weighted by Gasteiger charge is 2.33. The third-order valence-electron chi connectivity index (χ3n) is 7.36. The number of morpholine rings is 1. The Kier molecular flexibility index (Phi) is 8.33. The first-order valence-corrected chi connectivity index (χ1v) is 13.0. The van der Waals surface area contributed by atoms with Crippen molar-refractivity contribution in [3.8, 4) is 23.0 Å². The van der Waals surface area contributed by atoms with Crippen molar-refractivity contribution in [1.82, 2.24) is 15.1 Å². The number of amides is 1. The zero-order valence-electron chi connectivity index (χ0n) is 21.7. The zero-order chi connectivity index (χ0) is 25.6. The minimum absolute atomic E-state index is 0.0751. The third kappa shape index (κ3) is 6.47. The number of likely N-dealkylation sites (tertiary alicyclic amines) is 1. The Morgan fingerprint density at radius 1 is 0.946 bits per heavy atom. The minimum Gasteiger partial charge on any atom is -0.493 e. The standard InChI is InChI=1S/C28H37N3O6/c1-33-24-5-4-21(13-26(24)34-2)15-31-17-22(16-30-7-9-35-10-8-30)11-23(18-31)28(32)29-14-20-3-6-25-27(12-20)37-19-36-25/h3-6,12-13,22-23H,7-11,14-19H2,1-2H3,(H,29,32)/t22-,23-/m1/s1. The SMILES string of the molecule is COc1ccc(CN2C[C@@H](CN3CCOCC3)C[C@@H](C(=O)NCc3ccc4c(c3)OCO4)C2)cc1OC. The predicted molar refractivity (Wildman–Crippen MR) is 138 cm³/mol. The van der Waals surface area contributed by atoms with Crippen molar-refractivity contribution in [2.75, 3.05) is 67.0 Å². The zero-order valence-corrected chi connectivity index (χ0v) is 21.7. The first-order chi connectivity index (χ1) is 18.1. The van der Waals surface area contributed by atoms with E-state index in [1.54, 1.807) is 14.2 Å². The molecule has 200 valence electrons. The molecule has 0 unspecified atom stereocenters. The highest BCUT2D eigenvalue weighted by Crippen LogP contribution is 2.33. The number of piperidine rings is 1. The van der Waals surface area contributed by atoms with Crippen LogP contribution in [0.25, 0.3) is 0 Å². The predicted octanol–water partition coefficient (Wildman–Crippen LogP) is 2.52. The number of benzene rings is 2. The second-order valence-electron chi connectivity index (χ2n) is 10.0. The molecule has 2 fully saturated rings. The topological polar surface area (TPSA) is 81.7 Å². The molecule has 9 heteroatoms. The fourth-order valence-corrected chi connectivity index (χ4v) is 5.52. The number of ether oxygens (including phenoxy) is 5. The summed E-state index contributed by atoms with van der Waals surface area (Å²) >= 11 is 0. The molecular weight excluding hydrogens is 474 g/mol. The lowest BCUT2D eigenvalue weighted by molar-refractivity contribution is -0.128. The van der Waals surface area contributed by atoms with Crippen LogP contribution in [0.4, 0.5) is 0 Å². The molecule has 0 aromatic heterocycles. The molecule has 3 aliphatic rings. The van der Waals surface area contributed by atoms with E-state index in [0.29, 0.717) is 12.5 Å². The van der Waals surface area contributed by atoms with E-state index in [9.17, 15) is 4.79 Å². The Bertz CT molecular complexity index is 1070. The summed E-state index contributed by atoms with van der Waals surface area (Å²) in [4.78, 5) is 18.2. The van der Waals surface area contributed by atoms with Gasteiger partial charge in [-0.05, 0) is 47.7 Å². The van der Waals surface area contributed by atoms with Crippen molar-refractivity contribution >= 4 is 5.91 Å². The number of fused-ring (bicyclic) bond motifs is 1. The van der Waals surface area contributed by atoms with Crippen LogP contribution in [0.2, 0.25) is 0 Å². The highest BCUT2D eigenvalue weighted by molar-refractivity contribution is 5.79. The number of hydrogen-bond acceptors (Lipinski definition) is 8. The van der Waals surface area contributed by atoms with Crippen LogP contribution in [0.15, 0.2) is 36.4 Å². The second kappa shape index (κ2) is 12.0. The van der Waals surface area contributed by atoms with Gasteiger partial charge in [0.2, 0.25) is 12.7 Å². The number of rotatable bonds is 9. The fraction of sp³-hybridized carbons (Fsp3) is 0.536. The third-order valence-corrected chi connectivity index (χ3v) is 7.36. The van der Waals surface area contributed by atoms with Gasteiger partial charge in [0.05, 0.1) is 33.4 Å². The summed E-state index contributed by atoms with van der Waals surface area (Å²) in [6.07, 6.45) is 0.882. The van der Waals surface area contributed by atoms with E-state index in [1.807, 2.05) is 30.3 Å². The van der Waals surface area contributed by atoms with Gasteiger partial charge in [-0.2, -0.15) is 0 Å². The lowest BCUT2D eigenvalue weighted by Crippen LogP contribution is -2.49. The Morgan fingerprint density at radius 3 is 2.54 bits per heavy atom. The van der Waals surface area contributed by atoms with Gasteiger partial charge in [0, 0.05) is 45.8 Å². The van der Waals surface area contributed by atoms with Gasteiger partial charge >= 0.3 is 0 Å². The fourth-order valence-electron chi connectivity index (χ4n) is 5.52. The summed E-state index contributed by atoms with van der Waals surface area (Å²) in [7, 11) is 3.30. The van der Waals surface area contributed by atoms with Gasteiger partial charge in [-0.1, -0.05) is 12.1 Å². The Morgan fingerprint density at radius 2 is 1.73 bits per heavy atom. The van der Waals surface area contributed by atoms with E-state index in [2.05, 4.69) is 21.2 Å². The van der Waals surface area contributed by atoms with Crippen molar-refractivity contribution in [3.63, 3.8) is 0 Å². The molecule has 37 heavy (non-hydrogen) atoms. The smallest absolute Gasteiger partial charge is 0.231 e. The van der Waals surface area contributed by atoms with Gasteiger partial charge in [0.25, 0.3) is 0 Å². The van der Waals surface area contributed by atoms with E-state index in [0.717, 1.165) is 93.0 Å². The summed E-state index contributed by atoms with van der Waals surface area (Å²) in [5.41, 5.74) is 2.14. The van der Waals surface area contributed by atoms with Crippen molar-refractivity contribution in [2.24, 2.45) is 11.8 Å². The van der Waals surface area contributed by atoms with Crippen molar-refractivity contribution in [3.05, 3.63) is 47.5 Å².